The zero-order valence-corrected chi connectivity index (χ0v) is 11.1. The summed E-state index contributed by atoms with van der Waals surface area (Å²) in [7, 11) is 0. The summed E-state index contributed by atoms with van der Waals surface area (Å²) < 4.78 is 0. The van der Waals surface area contributed by atoms with Gasteiger partial charge in [-0.05, 0) is 30.7 Å². The number of pyridine rings is 1. The van der Waals surface area contributed by atoms with Gasteiger partial charge in [0.25, 0.3) is 0 Å². The Bertz CT molecular complexity index is 806. The van der Waals surface area contributed by atoms with Gasteiger partial charge in [0.15, 0.2) is 0 Å². The van der Waals surface area contributed by atoms with Crippen LogP contribution in [0.15, 0.2) is 48.8 Å². The van der Waals surface area contributed by atoms with E-state index < -0.39 is 6.10 Å². The number of nitrogens with zero attached hydrogens (tertiary/aromatic N) is 1. The van der Waals surface area contributed by atoms with Crippen LogP contribution in [0.2, 0.25) is 0 Å². The van der Waals surface area contributed by atoms with Crippen molar-refractivity contribution in [2.45, 2.75) is 13.0 Å². The van der Waals surface area contributed by atoms with E-state index >= 15 is 0 Å². The van der Waals surface area contributed by atoms with Crippen molar-refractivity contribution < 1.29 is 5.11 Å². The average molecular weight is 262 g/mol. The van der Waals surface area contributed by atoms with Gasteiger partial charge in [-0.1, -0.05) is 30.0 Å². The van der Waals surface area contributed by atoms with Crippen LogP contribution in [0.4, 0.5) is 0 Å². The number of aromatic nitrogens is 2. The number of hydrogen-bond donors (Lipinski definition) is 2. The van der Waals surface area contributed by atoms with Gasteiger partial charge >= 0.3 is 0 Å². The Kier molecular flexibility index (Phi) is 3.24. The number of H-pyrrole nitrogens is 1. The first-order valence-electron chi connectivity index (χ1n) is 6.47. The second-order valence-corrected chi connectivity index (χ2v) is 4.61. The molecule has 3 rings (SSSR count). The molecule has 1 atom stereocenters. The first kappa shape index (κ1) is 12.5. The zero-order chi connectivity index (χ0) is 13.9. The number of hydrogen-bond acceptors (Lipinski definition) is 2. The summed E-state index contributed by atoms with van der Waals surface area (Å²) in [6.45, 7) is 1.75. The van der Waals surface area contributed by atoms with E-state index in [1.54, 1.807) is 13.1 Å². The lowest BCUT2D eigenvalue weighted by molar-refractivity contribution is 0.199. The largest absolute Gasteiger partial charge is 0.389 e. The monoisotopic (exact) mass is 262 g/mol. The van der Waals surface area contributed by atoms with Gasteiger partial charge in [0.05, 0.1) is 6.10 Å². The van der Waals surface area contributed by atoms with Crippen LogP contribution in [0.1, 0.15) is 29.7 Å². The maximum absolute atomic E-state index is 9.76. The zero-order valence-electron chi connectivity index (χ0n) is 11.1. The molecule has 0 aliphatic heterocycles. The Morgan fingerprint density at radius 2 is 1.90 bits per heavy atom. The summed E-state index contributed by atoms with van der Waals surface area (Å²) in [5, 5.41) is 10.8. The summed E-state index contributed by atoms with van der Waals surface area (Å²) >= 11 is 0. The van der Waals surface area contributed by atoms with E-state index in [9.17, 15) is 5.11 Å². The lowest BCUT2D eigenvalue weighted by Gasteiger charge is -2.06. The molecule has 0 radical (unpaired) electrons. The number of aliphatic hydroxyl groups excluding tert-OH is 1. The van der Waals surface area contributed by atoms with Gasteiger partial charge in [0.2, 0.25) is 0 Å². The standard InChI is InChI=1S/C17H14N2O/c1-12(20)15-5-3-2-4-13(15)6-7-14-8-10-18-17-16(14)9-11-19-17/h2-5,8-12,20H,1H3,(H,18,19)/t12-/m0/s1. The Hall–Kier alpha value is -2.57. The molecule has 2 heterocycles. The molecule has 0 bridgehead atoms. The van der Waals surface area contributed by atoms with E-state index in [4.69, 9.17) is 0 Å². The molecule has 0 unspecified atom stereocenters. The third kappa shape index (κ3) is 2.29. The van der Waals surface area contributed by atoms with Gasteiger partial charge in [-0.2, -0.15) is 0 Å². The van der Waals surface area contributed by atoms with Crippen LogP contribution >= 0.6 is 0 Å². The third-order valence-corrected chi connectivity index (χ3v) is 3.20. The number of aliphatic hydroxyl groups is 1. The highest BCUT2D eigenvalue weighted by atomic mass is 16.3. The summed E-state index contributed by atoms with van der Waals surface area (Å²) in [5.41, 5.74) is 3.46. The van der Waals surface area contributed by atoms with E-state index in [-0.39, 0.29) is 0 Å². The van der Waals surface area contributed by atoms with E-state index in [2.05, 4.69) is 21.8 Å². The van der Waals surface area contributed by atoms with Crippen LogP contribution in [0, 0.1) is 11.8 Å². The van der Waals surface area contributed by atoms with Crippen molar-refractivity contribution in [3.63, 3.8) is 0 Å². The van der Waals surface area contributed by atoms with Crippen LogP contribution in [-0.2, 0) is 0 Å². The van der Waals surface area contributed by atoms with Crippen molar-refractivity contribution >= 4 is 11.0 Å². The van der Waals surface area contributed by atoms with Gasteiger partial charge < -0.3 is 10.1 Å². The second kappa shape index (κ2) is 5.20. The van der Waals surface area contributed by atoms with Crippen LogP contribution in [0.25, 0.3) is 11.0 Å². The fourth-order valence-corrected chi connectivity index (χ4v) is 2.18. The number of nitrogens with one attached hydrogen (secondary N) is 1. The number of benzene rings is 1. The molecule has 0 aliphatic rings. The highest BCUT2D eigenvalue weighted by Gasteiger charge is 2.05. The predicted octanol–water partition coefficient (Wildman–Crippen LogP) is 3.02. The molecule has 0 saturated heterocycles. The van der Waals surface area contributed by atoms with Gasteiger partial charge in [0.1, 0.15) is 5.65 Å². The second-order valence-electron chi connectivity index (χ2n) is 4.61. The molecule has 0 aliphatic carbocycles. The van der Waals surface area contributed by atoms with Gasteiger partial charge in [-0.25, -0.2) is 4.98 Å². The lowest BCUT2D eigenvalue weighted by Crippen LogP contribution is -1.94. The molecule has 0 amide bonds. The molecule has 3 aromatic rings. The molecule has 2 N–H and O–H groups in total. The molecule has 98 valence electrons. The van der Waals surface area contributed by atoms with Gasteiger partial charge in [-0.15, -0.1) is 0 Å². The molecular weight excluding hydrogens is 248 g/mol. The van der Waals surface area contributed by atoms with Gasteiger partial charge in [-0.3, -0.25) is 0 Å². The van der Waals surface area contributed by atoms with Crippen molar-refractivity contribution in [1.29, 1.82) is 0 Å². The summed E-state index contributed by atoms with van der Waals surface area (Å²) in [5.74, 6) is 6.31. The first-order valence-corrected chi connectivity index (χ1v) is 6.47. The number of fused-ring (bicyclic) bond motifs is 1. The lowest BCUT2D eigenvalue weighted by atomic mass is 10.0. The van der Waals surface area contributed by atoms with Crippen LogP contribution in [0.3, 0.4) is 0 Å². The van der Waals surface area contributed by atoms with Crippen molar-refractivity contribution in [3.05, 3.63) is 65.5 Å². The minimum atomic E-state index is -0.523. The van der Waals surface area contributed by atoms with Crippen LogP contribution in [0.5, 0.6) is 0 Å². The maximum atomic E-state index is 9.76. The normalized spacial score (nSPS) is 11.9. The quantitative estimate of drug-likeness (QED) is 0.662. The summed E-state index contributed by atoms with van der Waals surface area (Å²) in [6, 6.07) is 11.5. The van der Waals surface area contributed by atoms with E-state index in [0.717, 1.165) is 27.7 Å². The van der Waals surface area contributed by atoms with E-state index in [1.165, 1.54) is 0 Å². The Morgan fingerprint density at radius 1 is 1.10 bits per heavy atom. The van der Waals surface area contributed by atoms with Crippen LogP contribution < -0.4 is 0 Å². The fraction of sp³-hybridized carbons (Fsp3) is 0.118. The van der Waals surface area contributed by atoms with E-state index in [1.807, 2.05) is 42.6 Å². The fourth-order valence-electron chi connectivity index (χ4n) is 2.18. The molecule has 0 fully saturated rings. The minimum Gasteiger partial charge on any atom is -0.389 e. The molecule has 20 heavy (non-hydrogen) atoms. The smallest absolute Gasteiger partial charge is 0.138 e. The number of rotatable bonds is 1. The SMILES string of the molecule is C[C@H](O)c1ccccc1C#Cc1ccnc2[nH]ccc12. The third-order valence-electron chi connectivity index (χ3n) is 3.20. The van der Waals surface area contributed by atoms with Crippen LogP contribution in [-0.4, -0.2) is 15.1 Å². The maximum Gasteiger partial charge on any atom is 0.138 e. The molecule has 0 spiro atoms. The Balaban J connectivity index is 2.07. The minimum absolute atomic E-state index is 0.523. The highest BCUT2D eigenvalue weighted by molar-refractivity contribution is 5.82. The topological polar surface area (TPSA) is 48.9 Å². The summed E-state index contributed by atoms with van der Waals surface area (Å²) in [6.07, 6.45) is 3.07. The predicted molar refractivity (Wildman–Crippen MR) is 79.1 cm³/mol. The van der Waals surface area contributed by atoms with E-state index in [0.29, 0.717) is 0 Å². The molecule has 0 saturated carbocycles. The first-order chi connectivity index (χ1) is 9.75. The molecule has 3 heteroatoms. The molecule has 2 aromatic heterocycles. The number of aromatic amines is 1. The van der Waals surface area contributed by atoms with Crippen molar-refractivity contribution in [3.8, 4) is 11.8 Å². The Morgan fingerprint density at radius 3 is 2.75 bits per heavy atom. The molecule has 3 nitrogen and oxygen atoms in total. The molecular formula is C17H14N2O. The van der Waals surface area contributed by atoms with Crippen molar-refractivity contribution in [1.82, 2.24) is 9.97 Å². The summed E-state index contributed by atoms with van der Waals surface area (Å²) in [4.78, 5) is 7.31. The van der Waals surface area contributed by atoms with Crippen molar-refractivity contribution in [2.75, 3.05) is 0 Å². The van der Waals surface area contributed by atoms with Crippen molar-refractivity contribution in [2.24, 2.45) is 0 Å². The highest BCUT2D eigenvalue weighted by Crippen LogP contribution is 2.17. The molecule has 1 aromatic carbocycles. The Labute approximate surface area is 117 Å². The average Bonchev–Trinajstić information content (AvgIpc) is 2.94. The van der Waals surface area contributed by atoms with Gasteiger partial charge in [0, 0.05) is 28.9 Å².